The molecule has 0 aromatic rings. The van der Waals surface area contributed by atoms with Gasteiger partial charge in [0, 0.05) is 25.7 Å². The van der Waals surface area contributed by atoms with E-state index in [1.54, 1.807) is 0 Å². The monoisotopic (exact) mass is 891 g/mol. The molecule has 20 nitrogen and oxygen atoms in total. The molecule has 0 aliphatic carbocycles. The molecule has 0 saturated heterocycles. The summed E-state index contributed by atoms with van der Waals surface area (Å²) in [6.07, 6.45) is 16.2. The first-order chi connectivity index (χ1) is 29.9. The summed E-state index contributed by atoms with van der Waals surface area (Å²) in [6, 6.07) is -1.47. The van der Waals surface area contributed by atoms with Crippen LogP contribution in [0.5, 0.6) is 0 Å². The molecule has 0 radical (unpaired) electrons. The number of carbonyl (C=O) groups is 3. The fraction of sp³-hybridized carbons (Fsp3) is 0.929. The number of nitrogens with one attached hydrogen (secondary N) is 6. The van der Waals surface area contributed by atoms with Gasteiger partial charge in [-0.15, -0.1) is 0 Å². The number of nitrogens with two attached hydrogens (primary N) is 8. The lowest BCUT2D eigenvalue weighted by atomic mass is 10.1. The van der Waals surface area contributed by atoms with E-state index in [-0.39, 0.29) is 42.4 Å². The number of carbonyl (C=O) groups excluding carboxylic acids is 3. The third-order valence-electron chi connectivity index (χ3n) is 10.5. The van der Waals surface area contributed by atoms with Gasteiger partial charge in [-0.3, -0.25) is 30.3 Å². The van der Waals surface area contributed by atoms with Gasteiger partial charge in [0.15, 0.2) is 0 Å². The molecule has 0 rings (SSSR count). The maximum atomic E-state index is 12.4. The second-order valence-corrected chi connectivity index (χ2v) is 16.4. The molecule has 0 saturated carbocycles. The van der Waals surface area contributed by atoms with Crippen molar-refractivity contribution in [1.29, 1.82) is 0 Å². The van der Waals surface area contributed by atoms with Crippen molar-refractivity contribution in [2.75, 3.05) is 66.0 Å². The van der Waals surface area contributed by atoms with Crippen molar-refractivity contribution >= 4 is 17.7 Å². The second-order valence-electron chi connectivity index (χ2n) is 16.4. The van der Waals surface area contributed by atoms with Gasteiger partial charge in [0.05, 0.1) is 38.3 Å². The van der Waals surface area contributed by atoms with Crippen molar-refractivity contribution in [1.82, 2.24) is 31.9 Å². The zero-order chi connectivity index (χ0) is 46.1. The fourth-order valence-electron chi connectivity index (χ4n) is 6.29. The molecule has 0 heterocycles. The third kappa shape index (κ3) is 38.3. The Labute approximate surface area is 374 Å². The molecule has 0 spiro atoms. The molecule has 0 aliphatic heterocycles. The highest BCUT2D eigenvalue weighted by Gasteiger charge is 2.16. The topological polar surface area (TPSA) is 359 Å². The van der Waals surface area contributed by atoms with E-state index in [0.717, 1.165) is 103 Å². The first-order valence-electron chi connectivity index (χ1n) is 23.7. The smallest absolute Gasteiger partial charge is 0.236 e. The summed E-state index contributed by atoms with van der Waals surface area (Å²) in [5.41, 5.74) is 47.1. The first kappa shape index (κ1) is 59.9. The van der Waals surface area contributed by atoms with Gasteiger partial charge in [-0.25, -0.2) is 0 Å². The molecule has 20 heteroatoms. The zero-order valence-corrected chi connectivity index (χ0v) is 38.5. The number of hydrogen-bond acceptors (Lipinski definition) is 17. The summed E-state index contributed by atoms with van der Waals surface area (Å²) < 4.78 is 16.9. The summed E-state index contributed by atoms with van der Waals surface area (Å²) >= 11 is 0. The lowest BCUT2D eigenvalue weighted by molar-refractivity contribution is -0.123. The summed E-state index contributed by atoms with van der Waals surface area (Å²) in [5.74, 6) is -0.527. The number of amides is 3. The fourth-order valence-corrected chi connectivity index (χ4v) is 6.29. The van der Waals surface area contributed by atoms with Crippen LogP contribution in [0.1, 0.15) is 142 Å². The van der Waals surface area contributed by atoms with Crippen molar-refractivity contribution in [2.24, 2.45) is 45.9 Å². The lowest BCUT2D eigenvalue weighted by Crippen LogP contribution is -2.42. The quantitative estimate of drug-likeness (QED) is 0.0267. The summed E-state index contributed by atoms with van der Waals surface area (Å²) in [6.45, 7) is 7.83. The maximum Gasteiger partial charge on any atom is 0.236 e. The van der Waals surface area contributed by atoms with Gasteiger partial charge in [0.2, 0.25) is 17.7 Å². The Bertz CT molecular complexity index is 1060. The van der Waals surface area contributed by atoms with Crippen LogP contribution in [0, 0.1) is 0 Å². The minimum Gasteiger partial charge on any atom is -0.355 e. The Balaban J connectivity index is 3.67. The number of hydrogen-bond donors (Lipinski definition) is 14. The van der Waals surface area contributed by atoms with Crippen LogP contribution >= 0.6 is 0 Å². The van der Waals surface area contributed by atoms with Gasteiger partial charge in [-0.05, 0) is 155 Å². The molecule has 7 unspecified atom stereocenters. The molecule has 0 aromatic carbocycles. The molecule has 0 fully saturated rings. The minimum atomic E-state index is -0.610. The van der Waals surface area contributed by atoms with Crippen molar-refractivity contribution in [3.05, 3.63) is 0 Å². The Kier molecular flexibility index (Phi) is 41.3. The molecule has 3 amide bonds. The van der Waals surface area contributed by atoms with Gasteiger partial charge in [-0.1, -0.05) is 12.8 Å². The average molecular weight is 891 g/mol. The predicted molar refractivity (Wildman–Crippen MR) is 248 cm³/mol. The van der Waals surface area contributed by atoms with Gasteiger partial charge < -0.3 is 76.0 Å². The van der Waals surface area contributed by atoms with E-state index in [0.29, 0.717) is 97.9 Å². The molecule has 368 valence electrons. The van der Waals surface area contributed by atoms with E-state index < -0.39 is 18.1 Å². The zero-order valence-electron chi connectivity index (χ0n) is 38.5. The maximum absolute atomic E-state index is 12.4. The normalized spacial score (nSPS) is 15.0. The van der Waals surface area contributed by atoms with Gasteiger partial charge in [0.1, 0.15) is 18.7 Å². The molecule has 0 aromatic heterocycles. The number of unbranched alkanes of at least 4 members (excludes halogenated alkanes) is 7. The van der Waals surface area contributed by atoms with Crippen LogP contribution in [0.2, 0.25) is 0 Å². The summed E-state index contributed by atoms with van der Waals surface area (Å²) in [5, 5.41) is 18.5. The molecule has 0 aliphatic rings. The Morgan fingerprint density at radius 2 is 0.710 bits per heavy atom. The van der Waals surface area contributed by atoms with Crippen molar-refractivity contribution in [2.45, 2.75) is 185 Å². The lowest BCUT2D eigenvalue weighted by Gasteiger charge is -2.18. The van der Waals surface area contributed by atoms with Crippen LogP contribution in [0.15, 0.2) is 0 Å². The van der Waals surface area contributed by atoms with E-state index in [9.17, 15) is 14.4 Å². The van der Waals surface area contributed by atoms with E-state index in [1.165, 1.54) is 0 Å². The van der Waals surface area contributed by atoms with E-state index in [2.05, 4.69) is 38.8 Å². The highest BCUT2D eigenvalue weighted by Crippen LogP contribution is 2.05. The van der Waals surface area contributed by atoms with Crippen molar-refractivity contribution in [3.8, 4) is 0 Å². The highest BCUT2D eigenvalue weighted by atomic mass is 16.5. The predicted octanol–water partition coefficient (Wildman–Crippen LogP) is -0.640. The molecule has 22 N–H and O–H groups in total. The summed E-state index contributed by atoms with van der Waals surface area (Å²) in [7, 11) is 0. The Morgan fingerprint density at radius 1 is 0.403 bits per heavy atom. The minimum absolute atomic E-state index is 0.160. The number of ether oxygens (including phenoxy) is 3. The average Bonchev–Trinajstić information content (AvgIpc) is 3.24. The number of rotatable bonds is 46. The third-order valence-corrected chi connectivity index (χ3v) is 10.5. The summed E-state index contributed by atoms with van der Waals surface area (Å²) in [4.78, 5) is 36.8. The highest BCUT2D eigenvalue weighted by molar-refractivity contribution is 5.82. The van der Waals surface area contributed by atoms with Crippen molar-refractivity contribution < 1.29 is 28.6 Å². The van der Waals surface area contributed by atoms with Crippen LogP contribution in [-0.2, 0) is 28.6 Å². The van der Waals surface area contributed by atoms with E-state index >= 15 is 0 Å². The standard InChI is InChI=1S/C42H94N14O6/c1-33(56-32-62-39(50)22-8-12-26-52-31-61-38(49)21-7-11-25-51-30-60-37(48)20-3-10-24-44)16-4-13-27-53-41(58)35(46)18-6-15-29-55-42(59)36(47)19-5-14-28-54-40(57)34(45)17-2-9-23-43/h33-39,51-52,56H,2-32,43-50H2,1H3,(H,53,58)(H,54,57)(H,55,59). The molecule has 0 bridgehead atoms. The Hall–Kier alpha value is -2.15. The van der Waals surface area contributed by atoms with E-state index in [4.69, 9.17) is 60.1 Å². The van der Waals surface area contributed by atoms with Crippen LogP contribution in [0.4, 0.5) is 0 Å². The molecule has 7 atom stereocenters. The molecule has 62 heavy (non-hydrogen) atoms. The van der Waals surface area contributed by atoms with Gasteiger partial charge >= 0.3 is 0 Å². The SMILES string of the molecule is CC(CCCCNC(=O)C(N)CCCCNC(=O)C(N)CCCCNC(=O)C(N)CCCCN)NCOC(N)CCCCNCOC(N)CCCCNCOC(N)CCCCN. The van der Waals surface area contributed by atoms with Gasteiger partial charge in [-0.2, -0.15) is 0 Å². The molecular weight excluding hydrogens is 797 g/mol. The first-order valence-corrected chi connectivity index (χ1v) is 23.7. The van der Waals surface area contributed by atoms with Crippen LogP contribution < -0.4 is 77.8 Å². The largest absolute Gasteiger partial charge is 0.355 e. The van der Waals surface area contributed by atoms with Crippen LogP contribution in [-0.4, -0.2) is 127 Å². The van der Waals surface area contributed by atoms with Crippen molar-refractivity contribution in [3.63, 3.8) is 0 Å². The van der Waals surface area contributed by atoms with Crippen LogP contribution in [0.25, 0.3) is 0 Å². The van der Waals surface area contributed by atoms with Gasteiger partial charge in [0.25, 0.3) is 0 Å². The molecular formula is C42H94N14O6. The van der Waals surface area contributed by atoms with Crippen LogP contribution in [0.3, 0.4) is 0 Å². The Morgan fingerprint density at radius 3 is 1.10 bits per heavy atom. The van der Waals surface area contributed by atoms with E-state index in [1.807, 2.05) is 0 Å². The second kappa shape index (κ2) is 42.8.